The van der Waals surface area contributed by atoms with Crippen LogP contribution in [0.3, 0.4) is 0 Å². The van der Waals surface area contributed by atoms with Gasteiger partial charge in [-0.2, -0.15) is 0 Å². The number of halogens is 3. The van der Waals surface area contributed by atoms with Crippen LogP contribution in [0.15, 0.2) is 42.0 Å². The molecule has 0 aromatic heterocycles. The molecule has 0 amide bonds. The van der Waals surface area contributed by atoms with E-state index in [4.69, 9.17) is 23.2 Å². The summed E-state index contributed by atoms with van der Waals surface area (Å²) in [6.07, 6.45) is 3.27. The molecule has 1 rings (SSSR count). The molecule has 0 atom stereocenters. The summed E-state index contributed by atoms with van der Waals surface area (Å²) in [5.74, 6) is -0.385. The van der Waals surface area contributed by atoms with Crippen molar-refractivity contribution in [1.29, 1.82) is 0 Å². The summed E-state index contributed by atoms with van der Waals surface area (Å²) in [7, 11) is 1.34. The molecular formula is C13H11BrCl2O2. The van der Waals surface area contributed by atoms with Crippen molar-refractivity contribution in [2.45, 2.75) is 0 Å². The van der Waals surface area contributed by atoms with Crippen LogP contribution in [0.1, 0.15) is 5.56 Å². The largest absolute Gasteiger partial charge is 0.466 e. The van der Waals surface area contributed by atoms with Crippen LogP contribution in [0.4, 0.5) is 0 Å². The van der Waals surface area contributed by atoms with Crippen molar-refractivity contribution >= 4 is 50.1 Å². The SMILES string of the molecule is COC(=O)/C(=C/C=C(\Cl)c1ccc(Cl)cc1)CBr. The third-order valence-electron chi connectivity index (χ3n) is 2.14. The third-order valence-corrected chi connectivity index (χ3v) is 3.34. The van der Waals surface area contributed by atoms with Crippen molar-refractivity contribution in [1.82, 2.24) is 0 Å². The lowest BCUT2D eigenvalue weighted by Gasteiger charge is -2.01. The second-order valence-corrected chi connectivity index (χ2v) is 4.74. The van der Waals surface area contributed by atoms with E-state index in [1.807, 2.05) is 0 Å². The highest BCUT2D eigenvalue weighted by atomic mass is 79.9. The number of allylic oxidation sites excluding steroid dienone is 2. The fourth-order valence-corrected chi connectivity index (χ4v) is 1.91. The number of hydrogen-bond donors (Lipinski definition) is 0. The maximum atomic E-state index is 11.3. The van der Waals surface area contributed by atoms with Crippen LogP contribution < -0.4 is 0 Å². The van der Waals surface area contributed by atoms with Gasteiger partial charge in [-0.3, -0.25) is 0 Å². The molecule has 0 heterocycles. The highest BCUT2D eigenvalue weighted by Gasteiger charge is 2.06. The summed E-state index contributed by atoms with van der Waals surface area (Å²) in [6, 6.07) is 7.12. The molecule has 0 bridgehead atoms. The van der Waals surface area contributed by atoms with E-state index in [1.165, 1.54) is 7.11 Å². The van der Waals surface area contributed by atoms with Crippen molar-refractivity contribution in [3.8, 4) is 0 Å². The summed E-state index contributed by atoms with van der Waals surface area (Å²) in [5, 5.41) is 1.57. The zero-order chi connectivity index (χ0) is 13.5. The standard InChI is InChI=1S/C13H11BrCl2O2/c1-18-13(17)10(8-14)4-7-12(16)9-2-5-11(15)6-3-9/h2-7H,8H2,1H3/b10-4+,12-7-. The van der Waals surface area contributed by atoms with E-state index in [-0.39, 0.29) is 5.97 Å². The Morgan fingerprint density at radius 3 is 2.44 bits per heavy atom. The molecule has 5 heteroatoms. The van der Waals surface area contributed by atoms with Gasteiger partial charge in [0.15, 0.2) is 0 Å². The molecule has 2 nitrogen and oxygen atoms in total. The van der Waals surface area contributed by atoms with Crippen molar-refractivity contribution in [3.05, 3.63) is 52.6 Å². The minimum atomic E-state index is -0.385. The monoisotopic (exact) mass is 348 g/mol. The third kappa shape index (κ3) is 4.48. The average molecular weight is 350 g/mol. The Morgan fingerprint density at radius 1 is 1.33 bits per heavy atom. The molecule has 0 unspecified atom stereocenters. The average Bonchev–Trinajstić information content (AvgIpc) is 2.39. The van der Waals surface area contributed by atoms with Crippen molar-refractivity contribution in [3.63, 3.8) is 0 Å². The predicted molar refractivity (Wildman–Crippen MR) is 79.2 cm³/mol. The molecule has 96 valence electrons. The van der Waals surface area contributed by atoms with E-state index in [2.05, 4.69) is 20.7 Å². The lowest BCUT2D eigenvalue weighted by Crippen LogP contribution is -2.05. The number of benzene rings is 1. The van der Waals surface area contributed by atoms with E-state index in [1.54, 1.807) is 36.4 Å². The van der Waals surface area contributed by atoms with Crippen LogP contribution in [0.2, 0.25) is 5.02 Å². The molecule has 0 saturated heterocycles. The Balaban J connectivity index is 2.92. The minimum Gasteiger partial charge on any atom is -0.466 e. The quantitative estimate of drug-likeness (QED) is 0.348. The molecule has 0 saturated carbocycles. The fourth-order valence-electron chi connectivity index (χ4n) is 1.18. The van der Waals surface area contributed by atoms with E-state index < -0.39 is 0 Å². The van der Waals surface area contributed by atoms with Crippen molar-refractivity contribution in [2.75, 3.05) is 12.4 Å². The molecule has 0 fully saturated rings. The van der Waals surface area contributed by atoms with Gasteiger partial charge in [0.25, 0.3) is 0 Å². The topological polar surface area (TPSA) is 26.3 Å². The van der Waals surface area contributed by atoms with Crippen LogP contribution in [-0.2, 0) is 9.53 Å². The number of methoxy groups -OCH3 is 1. The van der Waals surface area contributed by atoms with Gasteiger partial charge in [0, 0.05) is 21.0 Å². The van der Waals surface area contributed by atoms with Crippen LogP contribution >= 0.6 is 39.1 Å². The first-order valence-corrected chi connectivity index (χ1v) is 6.92. The van der Waals surface area contributed by atoms with E-state index in [0.717, 1.165) is 5.56 Å². The summed E-state index contributed by atoms with van der Waals surface area (Å²) < 4.78 is 4.63. The summed E-state index contributed by atoms with van der Waals surface area (Å²) in [4.78, 5) is 11.3. The highest BCUT2D eigenvalue weighted by Crippen LogP contribution is 2.21. The van der Waals surface area contributed by atoms with Crippen LogP contribution in [0.25, 0.3) is 5.03 Å². The Labute approximate surface area is 124 Å². The van der Waals surface area contributed by atoms with Crippen LogP contribution in [0.5, 0.6) is 0 Å². The maximum absolute atomic E-state index is 11.3. The molecule has 0 aliphatic carbocycles. The van der Waals surface area contributed by atoms with Gasteiger partial charge < -0.3 is 4.74 Å². The summed E-state index contributed by atoms with van der Waals surface area (Å²) in [5.41, 5.74) is 1.32. The molecule has 0 spiro atoms. The van der Waals surface area contributed by atoms with Gasteiger partial charge in [0.05, 0.1) is 7.11 Å². The fraction of sp³-hybridized carbons (Fsp3) is 0.154. The smallest absolute Gasteiger partial charge is 0.334 e. The Kier molecular flexibility index (Phi) is 6.47. The molecule has 0 N–H and O–H groups in total. The summed E-state index contributed by atoms with van der Waals surface area (Å²) >= 11 is 15.1. The van der Waals surface area contributed by atoms with Crippen molar-refractivity contribution < 1.29 is 9.53 Å². The van der Waals surface area contributed by atoms with Crippen LogP contribution in [-0.4, -0.2) is 18.4 Å². The van der Waals surface area contributed by atoms with Crippen molar-refractivity contribution in [2.24, 2.45) is 0 Å². The van der Waals surface area contributed by atoms with Gasteiger partial charge in [-0.1, -0.05) is 51.3 Å². The first-order chi connectivity index (χ1) is 8.58. The van der Waals surface area contributed by atoms with Gasteiger partial charge in [-0.05, 0) is 29.8 Å². The number of hydrogen-bond acceptors (Lipinski definition) is 2. The second-order valence-electron chi connectivity index (χ2n) is 3.34. The number of carbonyl (C=O) groups is 1. The van der Waals surface area contributed by atoms with Gasteiger partial charge >= 0.3 is 5.97 Å². The van der Waals surface area contributed by atoms with Gasteiger partial charge in [0.1, 0.15) is 0 Å². The Morgan fingerprint density at radius 2 is 1.94 bits per heavy atom. The van der Waals surface area contributed by atoms with Crippen LogP contribution in [0, 0.1) is 0 Å². The molecule has 1 aromatic rings. The molecule has 0 radical (unpaired) electrons. The van der Waals surface area contributed by atoms with Gasteiger partial charge in [-0.25, -0.2) is 4.79 Å². The number of esters is 1. The Bertz CT molecular complexity index is 478. The highest BCUT2D eigenvalue weighted by molar-refractivity contribution is 9.09. The first kappa shape index (κ1) is 15.3. The minimum absolute atomic E-state index is 0.385. The van der Waals surface area contributed by atoms with Gasteiger partial charge in [-0.15, -0.1) is 0 Å². The Hall–Kier alpha value is -0.770. The second kappa shape index (κ2) is 7.62. The lowest BCUT2D eigenvalue weighted by molar-refractivity contribution is -0.135. The van der Waals surface area contributed by atoms with E-state index >= 15 is 0 Å². The summed E-state index contributed by atoms with van der Waals surface area (Å²) in [6.45, 7) is 0. The first-order valence-electron chi connectivity index (χ1n) is 5.05. The van der Waals surface area contributed by atoms with E-state index in [9.17, 15) is 4.79 Å². The molecule has 0 aliphatic heterocycles. The predicted octanol–water partition coefficient (Wildman–Crippen LogP) is 4.41. The number of ether oxygens (including phenoxy) is 1. The lowest BCUT2D eigenvalue weighted by atomic mass is 10.2. The maximum Gasteiger partial charge on any atom is 0.334 e. The molecule has 0 aliphatic rings. The molecule has 1 aromatic carbocycles. The molecule has 18 heavy (non-hydrogen) atoms. The zero-order valence-electron chi connectivity index (χ0n) is 9.62. The zero-order valence-corrected chi connectivity index (χ0v) is 12.7. The van der Waals surface area contributed by atoms with E-state index in [0.29, 0.717) is 21.0 Å². The number of rotatable bonds is 4. The van der Waals surface area contributed by atoms with Gasteiger partial charge in [0.2, 0.25) is 0 Å². The number of alkyl halides is 1. The molecular weight excluding hydrogens is 339 g/mol. The number of carbonyl (C=O) groups excluding carboxylic acids is 1. The normalized spacial score (nSPS) is 12.4.